The molecule has 0 bridgehead atoms. The normalized spacial score (nSPS) is 22.3. The molecule has 2 amide bonds. The van der Waals surface area contributed by atoms with Crippen LogP contribution in [0.3, 0.4) is 0 Å². The molecule has 0 spiro atoms. The summed E-state index contributed by atoms with van der Waals surface area (Å²) in [4.78, 5) is 26.4. The molecule has 0 unspecified atom stereocenters. The molecule has 1 saturated heterocycles. The average Bonchev–Trinajstić information content (AvgIpc) is 3.19. The fraction of sp³-hybridized carbons (Fsp3) is 0.500. The standard InChI is InChI=1S/C16H20N2O5/c1-17-15(19)12-7-18(6-11(12)8-21-2)16(20)10-3-4-13-14(5-10)23-9-22-13/h3-5,11-12H,6-9H2,1-2H3,(H,17,19)/t11-,12+/m0/s1. The summed E-state index contributed by atoms with van der Waals surface area (Å²) in [6, 6.07) is 5.13. The number of amides is 2. The zero-order valence-electron chi connectivity index (χ0n) is 13.2. The van der Waals surface area contributed by atoms with Crippen LogP contribution >= 0.6 is 0 Å². The van der Waals surface area contributed by atoms with Gasteiger partial charge in [-0.2, -0.15) is 0 Å². The lowest BCUT2D eigenvalue weighted by Crippen LogP contribution is -2.34. The quantitative estimate of drug-likeness (QED) is 0.874. The molecule has 2 aliphatic rings. The van der Waals surface area contributed by atoms with Crippen LogP contribution in [0.5, 0.6) is 11.5 Å². The van der Waals surface area contributed by atoms with Crippen molar-refractivity contribution >= 4 is 11.8 Å². The Bertz CT molecular complexity index is 618. The van der Waals surface area contributed by atoms with E-state index in [-0.39, 0.29) is 30.4 Å². The van der Waals surface area contributed by atoms with Gasteiger partial charge in [-0.05, 0) is 18.2 Å². The van der Waals surface area contributed by atoms with E-state index in [9.17, 15) is 9.59 Å². The van der Waals surface area contributed by atoms with Crippen molar-refractivity contribution < 1.29 is 23.8 Å². The largest absolute Gasteiger partial charge is 0.454 e. The molecule has 1 N–H and O–H groups in total. The third kappa shape index (κ3) is 2.96. The van der Waals surface area contributed by atoms with Gasteiger partial charge < -0.3 is 24.4 Å². The van der Waals surface area contributed by atoms with E-state index in [4.69, 9.17) is 14.2 Å². The van der Waals surface area contributed by atoms with E-state index in [1.165, 1.54) is 0 Å². The minimum atomic E-state index is -0.252. The van der Waals surface area contributed by atoms with E-state index in [0.717, 1.165) is 0 Å². The van der Waals surface area contributed by atoms with Crippen LogP contribution in [-0.4, -0.2) is 57.4 Å². The molecule has 7 nitrogen and oxygen atoms in total. The van der Waals surface area contributed by atoms with Gasteiger partial charge in [-0.1, -0.05) is 0 Å². The highest BCUT2D eigenvalue weighted by molar-refractivity contribution is 5.95. The molecule has 0 aliphatic carbocycles. The van der Waals surface area contributed by atoms with Gasteiger partial charge in [-0.3, -0.25) is 9.59 Å². The Balaban J connectivity index is 1.76. The monoisotopic (exact) mass is 320 g/mol. The molecule has 2 heterocycles. The van der Waals surface area contributed by atoms with Crippen LogP contribution in [0.4, 0.5) is 0 Å². The highest BCUT2D eigenvalue weighted by Gasteiger charge is 2.39. The summed E-state index contributed by atoms with van der Waals surface area (Å²) in [5.41, 5.74) is 0.531. The lowest BCUT2D eigenvalue weighted by Gasteiger charge is -2.16. The van der Waals surface area contributed by atoms with E-state index in [2.05, 4.69) is 5.32 Å². The number of benzene rings is 1. The Hall–Kier alpha value is -2.28. The lowest BCUT2D eigenvalue weighted by atomic mass is 9.96. The van der Waals surface area contributed by atoms with Gasteiger partial charge in [-0.25, -0.2) is 0 Å². The molecule has 7 heteroatoms. The maximum atomic E-state index is 12.7. The number of nitrogens with zero attached hydrogens (tertiary/aromatic N) is 1. The van der Waals surface area contributed by atoms with Crippen molar-refractivity contribution in [2.45, 2.75) is 0 Å². The average molecular weight is 320 g/mol. The highest BCUT2D eigenvalue weighted by atomic mass is 16.7. The van der Waals surface area contributed by atoms with Crippen molar-refractivity contribution in [1.82, 2.24) is 10.2 Å². The van der Waals surface area contributed by atoms with Crippen LogP contribution in [-0.2, 0) is 9.53 Å². The zero-order valence-corrected chi connectivity index (χ0v) is 13.2. The molecule has 0 radical (unpaired) electrons. The van der Waals surface area contributed by atoms with Gasteiger partial charge in [0.1, 0.15) is 0 Å². The molecule has 2 atom stereocenters. The zero-order chi connectivity index (χ0) is 16.4. The molecule has 2 aliphatic heterocycles. The van der Waals surface area contributed by atoms with Gasteiger partial charge >= 0.3 is 0 Å². The van der Waals surface area contributed by atoms with Crippen molar-refractivity contribution in [1.29, 1.82) is 0 Å². The Labute approximate surface area is 134 Å². The van der Waals surface area contributed by atoms with Gasteiger partial charge in [0.25, 0.3) is 5.91 Å². The maximum absolute atomic E-state index is 12.7. The fourth-order valence-electron chi connectivity index (χ4n) is 3.11. The van der Waals surface area contributed by atoms with Crippen LogP contribution in [0.25, 0.3) is 0 Å². The first-order chi connectivity index (χ1) is 11.1. The van der Waals surface area contributed by atoms with Crippen molar-refractivity contribution in [2.75, 3.05) is 40.6 Å². The number of hydrogen-bond donors (Lipinski definition) is 1. The third-order valence-electron chi connectivity index (χ3n) is 4.31. The number of ether oxygens (including phenoxy) is 3. The number of hydrogen-bond acceptors (Lipinski definition) is 5. The van der Waals surface area contributed by atoms with Crippen LogP contribution in [0, 0.1) is 11.8 Å². The molecule has 1 fully saturated rings. The smallest absolute Gasteiger partial charge is 0.254 e. The Morgan fingerprint density at radius 1 is 1.30 bits per heavy atom. The summed E-state index contributed by atoms with van der Waals surface area (Å²) < 4.78 is 15.8. The van der Waals surface area contributed by atoms with Crippen LogP contribution < -0.4 is 14.8 Å². The van der Waals surface area contributed by atoms with E-state index in [1.54, 1.807) is 37.3 Å². The number of methoxy groups -OCH3 is 1. The molecule has 3 rings (SSSR count). The number of likely N-dealkylation sites (tertiary alicyclic amines) is 1. The Morgan fingerprint density at radius 2 is 2.09 bits per heavy atom. The Kier molecular flexibility index (Phi) is 4.38. The number of nitrogens with one attached hydrogen (secondary N) is 1. The molecule has 1 aromatic carbocycles. The second-order valence-corrected chi connectivity index (χ2v) is 5.71. The second-order valence-electron chi connectivity index (χ2n) is 5.71. The predicted molar refractivity (Wildman–Crippen MR) is 81.4 cm³/mol. The van der Waals surface area contributed by atoms with Crippen LogP contribution in [0.2, 0.25) is 0 Å². The van der Waals surface area contributed by atoms with Crippen LogP contribution in [0.1, 0.15) is 10.4 Å². The first kappa shape index (κ1) is 15.6. The van der Waals surface area contributed by atoms with Gasteiger partial charge in [0.05, 0.1) is 12.5 Å². The van der Waals surface area contributed by atoms with Gasteiger partial charge in [-0.15, -0.1) is 0 Å². The summed E-state index contributed by atoms with van der Waals surface area (Å²) >= 11 is 0. The van der Waals surface area contributed by atoms with Crippen molar-refractivity contribution in [3.05, 3.63) is 23.8 Å². The topological polar surface area (TPSA) is 77.1 Å². The van der Waals surface area contributed by atoms with Crippen molar-refractivity contribution in [2.24, 2.45) is 11.8 Å². The molecule has 0 saturated carbocycles. The minimum absolute atomic E-state index is 0.00193. The van der Waals surface area contributed by atoms with Gasteiger partial charge in [0.15, 0.2) is 11.5 Å². The number of fused-ring (bicyclic) bond motifs is 1. The number of rotatable bonds is 4. The van der Waals surface area contributed by atoms with Gasteiger partial charge in [0, 0.05) is 38.7 Å². The molecule has 23 heavy (non-hydrogen) atoms. The fourth-order valence-corrected chi connectivity index (χ4v) is 3.11. The maximum Gasteiger partial charge on any atom is 0.254 e. The summed E-state index contributed by atoms with van der Waals surface area (Å²) in [5, 5.41) is 2.66. The predicted octanol–water partition coefficient (Wildman–Crippen LogP) is 0.496. The first-order valence-electron chi connectivity index (χ1n) is 7.53. The molecular formula is C16H20N2O5. The van der Waals surface area contributed by atoms with Gasteiger partial charge in [0.2, 0.25) is 12.7 Å². The van der Waals surface area contributed by atoms with E-state index >= 15 is 0 Å². The van der Waals surface area contributed by atoms with Crippen LogP contribution in [0.15, 0.2) is 18.2 Å². The molecule has 1 aromatic rings. The molecular weight excluding hydrogens is 300 g/mol. The molecule has 0 aromatic heterocycles. The van der Waals surface area contributed by atoms with E-state index < -0.39 is 0 Å². The summed E-state index contributed by atoms with van der Waals surface area (Å²) in [5.74, 6) is 0.787. The van der Waals surface area contributed by atoms with Crippen molar-refractivity contribution in [3.63, 3.8) is 0 Å². The SMILES string of the molecule is CNC(=O)[C@@H]1CN(C(=O)c2ccc3c(c2)OCO3)C[C@H]1COC. The van der Waals surface area contributed by atoms with E-state index in [1.807, 2.05) is 0 Å². The van der Waals surface area contributed by atoms with Crippen molar-refractivity contribution in [3.8, 4) is 11.5 Å². The Morgan fingerprint density at radius 3 is 2.83 bits per heavy atom. The van der Waals surface area contributed by atoms with E-state index in [0.29, 0.717) is 36.8 Å². The number of carbonyl (C=O) groups excluding carboxylic acids is 2. The first-order valence-corrected chi connectivity index (χ1v) is 7.53. The summed E-state index contributed by atoms with van der Waals surface area (Å²) in [7, 11) is 3.21. The lowest BCUT2D eigenvalue weighted by molar-refractivity contribution is -0.125. The molecule has 124 valence electrons. The number of carbonyl (C=O) groups is 2. The minimum Gasteiger partial charge on any atom is -0.454 e. The summed E-state index contributed by atoms with van der Waals surface area (Å²) in [6.45, 7) is 1.51. The highest BCUT2D eigenvalue weighted by Crippen LogP contribution is 2.33. The summed E-state index contributed by atoms with van der Waals surface area (Å²) in [6.07, 6.45) is 0. The second kappa shape index (κ2) is 6.45. The third-order valence-corrected chi connectivity index (χ3v) is 4.31.